The minimum atomic E-state index is 0.100. The molecule has 0 aromatic heterocycles. The van der Waals surface area contributed by atoms with E-state index in [1.807, 2.05) is 0 Å². The van der Waals surface area contributed by atoms with E-state index in [1.54, 1.807) is 7.11 Å². The van der Waals surface area contributed by atoms with Crippen molar-refractivity contribution in [1.29, 1.82) is 0 Å². The lowest BCUT2D eigenvalue weighted by Crippen LogP contribution is -2.23. The maximum atomic E-state index is 5.64. The first-order valence-corrected chi connectivity index (χ1v) is 5.56. The molecule has 1 aliphatic carbocycles. The van der Waals surface area contributed by atoms with E-state index >= 15 is 0 Å². The molecule has 0 N–H and O–H groups in total. The highest BCUT2D eigenvalue weighted by molar-refractivity contribution is 4.80. The van der Waals surface area contributed by atoms with Crippen molar-refractivity contribution in [2.45, 2.75) is 44.8 Å². The zero-order valence-electron chi connectivity index (χ0n) is 8.50. The van der Waals surface area contributed by atoms with Crippen LogP contribution in [0.25, 0.3) is 0 Å². The van der Waals surface area contributed by atoms with Gasteiger partial charge >= 0.3 is 0 Å². The van der Waals surface area contributed by atoms with Crippen molar-refractivity contribution in [2.75, 3.05) is 13.7 Å². The Kier molecular flexibility index (Phi) is 3.23. The molecule has 0 spiro atoms. The number of ether oxygens (including phenoxy) is 2. The molecule has 1 saturated heterocycles. The average Bonchev–Trinajstić information content (AvgIpc) is 2.46. The summed E-state index contributed by atoms with van der Waals surface area (Å²) in [4.78, 5) is 0. The predicted octanol–water partition coefficient (Wildman–Crippen LogP) is 2.58. The Hall–Kier alpha value is -0.0800. The van der Waals surface area contributed by atoms with Crippen LogP contribution in [-0.2, 0) is 9.47 Å². The Morgan fingerprint density at radius 3 is 2.62 bits per heavy atom. The third kappa shape index (κ3) is 2.05. The number of rotatable bonds is 1. The Morgan fingerprint density at radius 1 is 1.08 bits per heavy atom. The van der Waals surface area contributed by atoms with Gasteiger partial charge in [0.25, 0.3) is 0 Å². The first-order valence-electron chi connectivity index (χ1n) is 5.56. The summed E-state index contributed by atoms with van der Waals surface area (Å²) >= 11 is 0. The number of fused-ring (bicyclic) bond motifs is 1. The van der Waals surface area contributed by atoms with Crippen molar-refractivity contribution in [3.05, 3.63) is 0 Å². The molecule has 1 aliphatic heterocycles. The summed E-state index contributed by atoms with van der Waals surface area (Å²) in [5, 5.41) is 0. The van der Waals surface area contributed by atoms with E-state index in [9.17, 15) is 0 Å². The number of hydrogen-bond donors (Lipinski definition) is 0. The average molecular weight is 184 g/mol. The van der Waals surface area contributed by atoms with Gasteiger partial charge in [0.15, 0.2) is 6.29 Å². The van der Waals surface area contributed by atoms with E-state index in [1.165, 1.54) is 38.5 Å². The van der Waals surface area contributed by atoms with Crippen LogP contribution in [0.3, 0.4) is 0 Å². The Labute approximate surface area is 80.6 Å². The molecular formula is C11H20O2. The second-order valence-electron chi connectivity index (χ2n) is 4.35. The third-order valence-electron chi connectivity index (χ3n) is 3.52. The Bertz CT molecular complexity index is 158. The summed E-state index contributed by atoms with van der Waals surface area (Å²) < 4.78 is 11.0. The van der Waals surface area contributed by atoms with E-state index < -0.39 is 0 Å². The summed E-state index contributed by atoms with van der Waals surface area (Å²) in [5.41, 5.74) is 0. The van der Waals surface area contributed by atoms with Gasteiger partial charge in [0.1, 0.15) is 0 Å². The second-order valence-corrected chi connectivity index (χ2v) is 4.35. The van der Waals surface area contributed by atoms with Crippen LogP contribution in [-0.4, -0.2) is 20.0 Å². The Balaban J connectivity index is 1.95. The highest BCUT2D eigenvalue weighted by atomic mass is 16.7. The molecule has 13 heavy (non-hydrogen) atoms. The summed E-state index contributed by atoms with van der Waals surface area (Å²) in [6.07, 6.45) is 8.34. The zero-order chi connectivity index (χ0) is 9.10. The minimum Gasteiger partial charge on any atom is -0.356 e. The van der Waals surface area contributed by atoms with Crippen LogP contribution < -0.4 is 0 Å². The number of methoxy groups -OCH3 is 1. The van der Waals surface area contributed by atoms with Crippen LogP contribution in [0.4, 0.5) is 0 Å². The monoisotopic (exact) mass is 184 g/mol. The van der Waals surface area contributed by atoms with Gasteiger partial charge in [0, 0.05) is 13.0 Å². The van der Waals surface area contributed by atoms with Crippen LogP contribution in [0.15, 0.2) is 0 Å². The van der Waals surface area contributed by atoms with Crippen molar-refractivity contribution in [3.8, 4) is 0 Å². The topological polar surface area (TPSA) is 18.5 Å². The molecule has 0 unspecified atom stereocenters. The van der Waals surface area contributed by atoms with Crippen molar-refractivity contribution < 1.29 is 9.47 Å². The molecular weight excluding hydrogens is 164 g/mol. The SMILES string of the molecule is CO[C@@H]1OC[C@@H]2CCCCCC[C@H]21. The molecule has 3 atom stereocenters. The highest BCUT2D eigenvalue weighted by Crippen LogP contribution is 2.36. The molecule has 2 aliphatic rings. The molecule has 0 bridgehead atoms. The first-order chi connectivity index (χ1) is 6.42. The van der Waals surface area contributed by atoms with Crippen LogP contribution in [0, 0.1) is 11.8 Å². The first kappa shape index (κ1) is 9.47. The summed E-state index contributed by atoms with van der Waals surface area (Å²) in [6.45, 7) is 0.934. The minimum absolute atomic E-state index is 0.100. The van der Waals surface area contributed by atoms with Crippen molar-refractivity contribution in [1.82, 2.24) is 0 Å². The molecule has 2 nitrogen and oxygen atoms in total. The van der Waals surface area contributed by atoms with Gasteiger partial charge in [-0.1, -0.05) is 25.7 Å². The number of hydrogen-bond acceptors (Lipinski definition) is 2. The van der Waals surface area contributed by atoms with Gasteiger partial charge < -0.3 is 9.47 Å². The molecule has 1 saturated carbocycles. The molecule has 2 fully saturated rings. The van der Waals surface area contributed by atoms with Gasteiger partial charge in [-0.15, -0.1) is 0 Å². The van der Waals surface area contributed by atoms with Crippen LogP contribution in [0.5, 0.6) is 0 Å². The molecule has 0 aromatic rings. The normalized spacial score (nSPS) is 40.8. The summed E-state index contributed by atoms with van der Waals surface area (Å²) in [7, 11) is 1.77. The lowest BCUT2D eigenvalue weighted by molar-refractivity contribution is -0.111. The van der Waals surface area contributed by atoms with Crippen molar-refractivity contribution in [3.63, 3.8) is 0 Å². The molecule has 2 heteroatoms. The van der Waals surface area contributed by atoms with Gasteiger partial charge in [-0.2, -0.15) is 0 Å². The van der Waals surface area contributed by atoms with Crippen LogP contribution >= 0.6 is 0 Å². The van der Waals surface area contributed by atoms with E-state index in [4.69, 9.17) is 9.47 Å². The molecule has 0 aromatic carbocycles. The van der Waals surface area contributed by atoms with Crippen molar-refractivity contribution >= 4 is 0 Å². The van der Waals surface area contributed by atoms with Crippen LogP contribution in [0.2, 0.25) is 0 Å². The van der Waals surface area contributed by atoms with Crippen LogP contribution in [0.1, 0.15) is 38.5 Å². The fourth-order valence-corrected chi connectivity index (χ4v) is 2.74. The fourth-order valence-electron chi connectivity index (χ4n) is 2.74. The van der Waals surface area contributed by atoms with E-state index in [2.05, 4.69) is 0 Å². The summed E-state index contributed by atoms with van der Waals surface area (Å²) in [5.74, 6) is 1.47. The maximum absolute atomic E-state index is 5.64. The van der Waals surface area contributed by atoms with Gasteiger partial charge in [-0.25, -0.2) is 0 Å². The smallest absolute Gasteiger partial charge is 0.160 e. The van der Waals surface area contributed by atoms with Gasteiger partial charge in [-0.3, -0.25) is 0 Å². The maximum Gasteiger partial charge on any atom is 0.160 e. The third-order valence-corrected chi connectivity index (χ3v) is 3.52. The lowest BCUT2D eigenvalue weighted by atomic mass is 9.83. The Morgan fingerprint density at radius 2 is 1.85 bits per heavy atom. The molecule has 0 amide bonds. The van der Waals surface area contributed by atoms with Gasteiger partial charge in [-0.05, 0) is 18.8 Å². The quantitative estimate of drug-likeness (QED) is 0.623. The van der Waals surface area contributed by atoms with Crippen molar-refractivity contribution in [2.24, 2.45) is 11.8 Å². The second kappa shape index (κ2) is 4.43. The molecule has 76 valence electrons. The fraction of sp³-hybridized carbons (Fsp3) is 1.00. The largest absolute Gasteiger partial charge is 0.356 e. The van der Waals surface area contributed by atoms with E-state index in [-0.39, 0.29) is 6.29 Å². The van der Waals surface area contributed by atoms with Gasteiger partial charge in [0.2, 0.25) is 0 Å². The van der Waals surface area contributed by atoms with E-state index in [0.717, 1.165) is 12.5 Å². The molecule has 2 rings (SSSR count). The standard InChI is InChI=1S/C11H20O2/c1-12-11-10-7-5-3-2-4-6-9(10)8-13-11/h9-11H,2-8H2,1H3/t9-,10+,11+/m0/s1. The lowest BCUT2D eigenvalue weighted by Gasteiger charge is -2.23. The zero-order valence-corrected chi connectivity index (χ0v) is 8.50. The predicted molar refractivity (Wildman–Crippen MR) is 51.4 cm³/mol. The molecule has 1 heterocycles. The molecule has 0 radical (unpaired) electrons. The summed E-state index contributed by atoms with van der Waals surface area (Å²) in [6, 6.07) is 0. The highest BCUT2D eigenvalue weighted by Gasteiger charge is 2.36. The van der Waals surface area contributed by atoms with E-state index in [0.29, 0.717) is 5.92 Å². The van der Waals surface area contributed by atoms with Gasteiger partial charge in [0.05, 0.1) is 6.61 Å².